The van der Waals surface area contributed by atoms with Gasteiger partial charge >= 0.3 is 25.7 Å². The van der Waals surface area contributed by atoms with E-state index in [2.05, 4.69) is 18.4 Å². The van der Waals surface area contributed by atoms with Crippen molar-refractivity contribution in [2.75, 3.05) is 19.8 Å². The van der Waals surface area contributed by atoms with Crippen molar-refractivity contribution < 1.29 is 47.5 Å². The minimum atomic E-state index is -4.69. The summed E-state index contributed by atoms with van der Waals surface area (Å²) >= 11 is 0. The summed E-state index contributed by atoms with van der Waals surface area (Å²) < 4.78 is 32.3. The lowest BCUT2D eigenvalue weighted by molar-refractivity contribution is -0.161. The molecule has 0 saturated carbocycles. The maximum atomic E-state index is 12.4. The zero-order chi connectivity index (χ0) is 31.5. The van der Waals surface area contributed by atoms with E-state index in [9.17, 15) is 23.8 Å². The minimum Gasteiger partial charge on any atom is -0.480 e. The molecule has 0 amide bonds. The van der Waals surface area contributed by atoms with Crippen LogP contribution in [0.2, 0.25) is 0 Å². The Kier molecular flexibility index (Phi) is 26.1. The summed E-state index contributed by atoms with van der Waals surface area (Å²) in [7, 11) is -4.69. The molecule has 0 aromatic rings. The fourth-order valence-corrected chi connectivity index (χ4v) is 5.02. The van der Waals surface area contributed by atoms with Crippen LogP contribution in [0.5, 0.6) is 0 Å². The van der Waals surface area contributed by atoms with Gasteiger partial charge in [-0.1, -0.05) is 117 Å². The number of rotatable bonds is 30. The summed E-state index contributed by atoms with van der Waals surface area (Å²) in [5, 5.41) is 8.80. The molecule has 0 rings (SSSR count). The molecule has 0 aliphatic carbocycles. The van der Waals surface area contributed by atoms with E-state index in [1.807, 2.05) is 0 Å². The molecular formula is C30H58NO10P. The number of hydrogen-bond acceptors (Lipinski definition) is 9. The van der Waals surface area contributed by atoms with E-state index < -0.39 is 51.1 Å². The van der Waals surface area contributed by atoms with Crippen LogP contribution >= 0.6 is 7.82 Å². The molecule has 0 fully saturated rings. The van der Waals surface area contributed by atoms with Gasteiger partial charge in [0.25, 0.3) is 0 Å². The Morgan fingerprint density at radius 3 is 1.50 bits per heavy atom. The second-order valence-corrected chi connectivity index (χ2v) is 12.4. The van der Waals surface area contributed by atoms with Gasteiger partial charge in [0.05, 0.1) is 13.2 Å². The molecule has 248 valence electrons. The summed E-state index contributed by atoms with van der Waals surface area (Å²) in [6.45, 7) is 2.71. The predicted octanol–water partition coefficient (Wildman–Crippen LogP) is 6.83. The SMILES string of the molecule is CCCCCCCCCCCC(=O)OC[C@H](COP(=O)(O)OC[C@@H](N)C(=O)O)OC(=O)CCCCCCCCCCC. The van der Waals surface area contributed by atoms with E-state index >= 15 is 0 Å². The Balaban J connectivity index is 4.54. The highest BCUT2D eigenvalue weighted by atomic mass is 31.2. The Hall–Kier alpha value is -1.52. The third-order valence-corrected chi connectivity index (χ3v) is 7.81. The van der Waals surface area contributed by atoms with E-state index in [0.717, 1.165) is 38.5 Å². The van der Waals surface area contributed by atoms with Gasteiger partial charge < -0.3 is 25.2 Å². The van der Waals surface area contributed by atoms with E-state index in [1.54, 1.807) is 0 Å². The van der Waals surface area contributed by atoms with Gasteiger partial charge in [0, 0.05) is 12.8 Å². The average Bonchev–Trinajstić information content (AvgIpc) is 2.95. The Morgan fingerprint density at radius 2 is 1.05 bits per heavy atom. The number of aliphatic carboxylic acids is 1. The van der Waals surface area contributed by atoms with Crippen LogP contribution < -0.4 is 5.73 Å². The number of carbonyl (C=O) groups is 3. The highest BCUT2D eigenvalue weighted by Crippen LogP contribution is 2.43. The van der Waals surface area contributed by atoms with Crippen molar-refractivity contribution in [3.63, 3.8) is 0 Å². The summed E-state index contributed by atoms with van der Waals surface area (Å²) in [6.07, 6.45) is 19.2. The number of carboxylic acid groups (broad SMARTS) is 1. The van der Waals surface area contributed by atoms with Crippen molar-refractivity contribution in [2.24, 2.45) is 5.73 Å². The number of phosphoric acid groups is 1. The van der Waals surface area contributed by atoms with Crippen LogP contribution in [0.4, 0.5) is 0 Å². The van der Waals surface area contributed by atoms with Gasteiger partial charge in [-0.3, -0.25) is 23.4 Å². The molecule has 0 aliphatic heterocycles. The van der Waals surface area contributed by atoms with Gasteiger partial charge in [0.1, 0.15) is 12.6 Å². The Labute approximate surface area is 253 Å². The number of carboxylic acids is 1. The normalized spacial score (nSPS) is 14.2. The van der Waals surface area contributed by atoms with Crippen LogP contribution in [0.1, 0.15) is 142 Å². The van der Waals surface area contributed by atoms with E-state index in [-0.39, 0.29) is 19.4 Å². The fourth-order valence-electron chi connectivity index (χ4n) is 4.24. The molecule has 0 aromatic heterocycles. The predicted molar refractivity (Wildman–Crippen MR) is 162 cm³/mol. The van der Waals surface area contributed by atoms with Crippen molar-refractivity contribution in [3.8, 4) is 0 Å². The van der Waals surface area contributed by atoms with Crippen LogP contribution in [0.25, 0.3) is 0 Å². The van der Waals surface area contributed by atoms with E-state index in [4.69, 9.17) is 24.8 Å². The van der Waals surface area contributed by atoms with Crippen molar-refractivity contribution in [1.29, 1.82) is 0 Å². The Bertz CT molecular complexity index is 752. The highest BCUT2D eigenvalue weighted by molar-refractivity contribution is 7.47. The van der Waals surface area contributed by atoms with Crippen molar-refractivity contribution in [1.82, 2.24) is 0 Å². The third kappa shape index (κ3) is 26.1. The molecule has 1 unspecified atom stereocenters. The first-order valence-corrected chi connectivity index (χ1v) is 17.6. The smallest absolute Gasteiger partial charge is 0.472 e. The summed E-state index contributed by atoms with van der Waals surface area (Å²) in [6, 6.07) is -1.51. The number of unbranched alkanes of at least 4 members (excludes halogenated alkanes) is 16. The monoisotopic (exact) mass is 623 g/mol. The molecule has 4 N–H and O–H groups in total. The molecule has 0 aromatic carbocycles. The van der Waals surface area contributed by atoms with E-state index in [0.29, 0.717) is 12.8 Å². The summed E-state index contributed by atoms with van der Waals surface area (Å²) in [5.41, 5.74) is 5.28. The first-order valence-electron chi connectivity index (χ1n) is 16.1. The second-order valence-electron chi connectivity index (χ2n) is 11.0. The van der Waals surface area contributed by atoms with Gasteiger partial charge in [-0.05, 0) is 12.8 Å². The van der Waals surface area contributed by atoms with Crippen molar-refractivity contribution in [2.45, 2.75) is 154 Å². The Morgan fingerprint density at radius 1 is 0.643 bits per heavy atom. The summed E-state index contributed by atoms with van der Waals surface area (Å²) in [5.74, 6) is -2.38. The lowest BCUT2D eigenvalue weighted by atomic mass is 10.1. The molecule has 42 heavy (non-hydrogen) atoms. The maximum Gasteiger partial charge on any atom is 0.472 e. The molecule has 11 nitrogen and oxygen atoms in total. The number of carbonyl (C=O) groups excluding carboxylic acids is 2. The van der Waals surface area contributed by atoms with Crippen LogP contribution in [-0.4, -0.2) is 59.9 Å². The first-order chi connectivity index (χ1) is 20.1. The molecule has 3 atom stereocenters. The van der Waals surface area contributed by atoms with Gasteiger partial charge in [-0.15, -0.1) is 0 Å². The van der Waals surface area contributed by atoms with Crippen LogP contribution in [0, 0.1) is 0 Å². The quantitative estimate of drug-likeness (QED) is 0.0435. The molecule has 12 heteroatoms. The van der Waals surface area contributed by atoms with Crippen LogP contribution in [0.3, 0.4) is 0 Å². The van der Waals surface area contributed by atoms with Gasteiger partial charge in [-0.25, -0.2) is 4.57 Å². The zero-order valence-electron chi connectivity index (χ0n) is 26.1. The van der Waals surface area contributed by atoms with Crippen molar-refractivity contribution >= 4 is 25.7 Å². The minimum absolute atomic E-state index is 0.166. The van der Waals surface area contributed by atoms with Crippen LogP contribution in [0.15, 0.2) is 0 Å². The number of ether oxygens (including phenoxy) is 2. The number of phosphoric ester groups is 1. The average molecular weight is 624 g/mol. The van der Waals surface area contributed by atoms with Gasteiger partial charge in [-0.2, -0.15) is 0 Å². The fraction of sp³-hybridized carbons (Fsp3) is 0.900. The lowest BCUT2D eigenvalue weighted by Crippen LogP contribution is -2.34. The molecule has 0 bridgehead atoms. The van der Waals surface area contributed by atoms with Gasteiger partial charge in [0.2, 0.25) is 0 Å². The standard InChI is InChI=1S/C30H58NO10P/c1-3-5-7-9-11-13-15-17-19-21-28(32)38-23-26(24-39-42(36,37)40-25-27(31)30(34)35)41-29(33)22-20-18-16-14-12-10-8-6-4-2/h26-27H,3-25,31H2,1-2H3,(H,34,35)(H,36,37)/t26-,27-/m1/s1. The van der Waals surface area contributed by atoms with Crippen LogP contribution in [-0.2, 0) is 37.5 Å². The number of nitrogens with two attached hydrogens (primary N) is 1. The highest BCUT2D eigenvalue weighted by Gasteiger charge is 2.28. The summed E-state index contributed by atoms with van der Waals surface area (Å²) in [4.78, 5) is 45.3. The third-order valence-electron chi connectivity index (χ3n) is 6.86. The molecule has 0 spiro atoms. The van der Waals surface area contributed by atoms with Gasteiger partial charge in [0.15, 0.2) is 6.10 Å². The van der Waals surface area contributed by atoms with E-state index in [1.165, 1.54) is 64.2 Å². The molecule has 0 radical (unpaired) electrons. The number of hydrogen-bond donors (Lipinski definition) is 3. The number of esters is 2. The molecular weight excluding hydrogens is 565 g/mol. The van der Waals surface area contributed by atoms with Crippen molar-refractivity contribution in [3.05, 3.63) is 0 Å². The first kappa shape index (κ1) is 40.5. The zero-order valence-corrected chi connectivity index (χ0v) is 27.0. The molecule has 0 heterocycles. The largest absolute Gasteiger partial charge is 0.480 e. The second kappa shape index (κ2) is 27.1. The topological polar surface area (TPSA) is 172 Å². The lowest BCUT2D eigenvalue weighted by Gasteiger charge is -2.20. The molecule has 0 aliphatic rings. The maximum absolute atomic E-state index is 12.4. The molecule has 0 saturated heterocycles.